The van der Waals surface area contributed by atoms with Gasteiger partial charge in [-0.1, -0.05) is 11.6 Å². The summed E-state index contributed by atoms with van der Waals surface area (Å²) in [6, 6.07) is 11.3. The third-order valence-electron chi connectivity index (χ3n) is 5.41. The van der Waals surface area contributed by atoms with E-state index in [1.807, 2.05) is 18.2 Å². The zero-order valence-corrected chi connectivity index (χ0v) is 16.7. The average molecular weight is 401 g/mol. The third kappa shape index (κ3) is 3.57. The van der Waals surface area contributed by atoms with Crippen LogP contribution in [0.25, 0.3) is 10.9 Å². The highest BCUT2D eigenvalue weighted by Crippen LogP contribution is 2.31. The molecule has 6 nitrogen and oxygen atoms in total. The molecule has 2 atom stereocenters. The first-order valence-electron chi connectivity index (χ1n) is 9.34. The molecule has 0 aliphatic carbocycles. The molecule has 0 amide bonds. The molecule has 0 bridgehead atoms. The topological polar surface area (TPSA) is 68.7 Å². The summed E-state index contributed by atoms with van der Waals surface area (Å²) in [6.07, 6.45) is 2.15. The predicted octanol–water partition coefficient (Wildman–Crippen LogP) is 2.51. The summed E-state index contributed by atoms with van der Waals surface area (Å²) in [7, 11) is 3.35. The van der Waals surface area contributed by atoms with Gasteiger partial charge in [-0.2, -0.15) is 0 Å². The van der Waals surface area contributed by atoms with Crippen molar-refractivity contribution in [2.24, 2.45) is 0 Å². The van der Waals surface area contributed by atoms with E-state index in [0.717, 1.165) is 36.4 Å². The van der Waals surface area contributed by atoms with E-state index in [0.29, 0.717) is 28.3 Å². The maximum absolute atomic E-state index is 12.4. The van der Waals surface area contributed by atoms with E-state index in [1.165, 1.54) is 4.90 Å². The molecular weight excluding hydrogens is 378 g/mol. The minimum absolute atomic E-state index is 0.134. The van der Waals surface area contributed by atoms with Crippen molar-refractivity contribution in [1.29, 1.82) is 0 Å². The molecule has 1 aliphatic rings. The van der Waals surface area contributed by atoms with Gasteiger partial charge in [0.2, 0.25) is 0 Å². The normalized spacial score (nSPS) is 19.1. The first-order chi connectivity index (χ1) is 13.6. The number of likely N-dealkylation sites (tertiary alicyclic amines) is 1. The molecule has 1 saturated heterocycles. The van der Waals surface area contributed by atoms with Gasteiger partial charge in [-0.05, 0) is 36.4 Å². The molecule has 146 valence electrons. The van der Waals surface area contributed by atoms with Crippen LogP contribution in [0.5, 0.6) is 11.5 Å². The molecule has 4 rings (SSSR count). The Hall–Kier alpha value is -2.57. The zero-order valence-electron chi connectivity index (χ0n) is 15.9. The molecule has 2 heterocycles. The summed E-state index contributed by atoms with van der Waals surface area (Å²) in [6.45, 7) is 1.63. The van der Waals surface area contributed by atoms with Crippen LogP contribution in [0.3, 0.4) is 0 Å². The van der Waals surface area contributed by atoms with Crippen LogP contribution in [0, 0.1) is 0 Å². The lowest BCUT2D eigenvalue weighted by atomic mass is 10.0. The van der Waals surface area contributed by atoms with Crippen molar-refractivity contribution in [3.8, 4) is 11.5 Å². The van der Waals surface area contributed by atoms with Crippen LogP contribution in [0.1, 0.15) is 30.3 Å². The molecule has 0 saturated carbocycles. The van der Waals surface area contributed by atoms with Crippen molar-refractivity contribution >= 4 is 22.5 Å². The average Bonchev–Trinajstić information content (AvgIpc) is 3.15. The number of nitrogens with one attached hydrogen (secondary N) is 2. The molecule has 28 heavy (non-hydrogen) atoms. The minimum atomic E-state index is -0.134. The smallest absolute Gasteiger partial charge is 0.258 e. The third-order valence-corrected chi connectivity index (χ3v) is 5.64. The van der Waals surface area contributed by atoms with Crippen molar-refractivity contribution in [3.05, 3.63) is 63.2 Å². The summed E-state index contributed by atoms with van der Waals surface area (Å²) >= 11 is 6.08. The second-order valence-corrected chi connectivity index (χ2v) is 7.50. The van der Waals surface area contributed by atoms with Gasteiger partial charge in [0.15, 0.2) is 5.82 Å². The second-order valence-electron chi connectivity index (χ2n) is 7.06. The van der Waals surface area contributed by atoms with Gasteiger partial charge in [0.05, 0.1) is 37.2 Å². The number of H-pyrrole nitrogens is 1. The highest BCUT2D eigenvalue weighted by Gasteiger charge is 2.33. The molecule has 1 fully saturated rings. The van der Waals surface area contributed by atoms with E-state index in [9.17, 15) is 4.79 Å². The van der Waals surface area contributed by atoms with Crippen LogP contribution in [-0.4, -0.2) is 30.7 Å². The standard InChI is InChI=1S/C21H22ClN3O3/c1-27-14-6-8-19(28-2)16(11-14)18-4-3-9-25(18)12-20-23-17-10-13(22)5-7-15(17)21(26)24-20/h5-8,10-11,18H,3-4,9,12H2,1-2H3,(H,23,24,26)/p+1/t18-/m1/s1. The number of nitrogens with zero attached hydrogens (tertiary/aromatic N) is 1. The molecule has 0 radical (unpaired) electrons. The van der Waals surface area contributed by atoms with Crippen molar-refractivity contribution in [3.63, 3.8) is 0 Å². The molecule has 1 aromatic heterocycles. The lowest BCUT2D eigenvalue weighted by Gasteiger charge is -2.23. The van der Waals surface area contributed by atoms with E-state index in [-0.39, 0.29) is 11.6 Å². The van der Waals surface area contributed by atoms with Crippen molar-refractivity contribution in [1.82, 2.24) is 9.97 Å². The number of hydrogen-bond donors (Lipinski definition) is 2. The predicted molar refractivity (Wildman–Crippen MR) is 108 cm³/mol. The van der Waals surface area contributed by atoms with Gasteiger partial charge < -0.3 is 19.4 Å². The Bertz CT molecular complexity index is 1070. The van der Waals surface area contributed by atoms with Crippen LogP contribution in [0.4, 0.5) is 0 Å². The Morgan fingerprint density at radius 1 is 1.21 bits per heavy atom. The maximum atomic E-state index is 12.4. The van der Waals surface area contributed by atoms with E-state index in [2.05, 4.69) is 9.97 Å². The lowest BCUT2D eigenvalue weighted by Crippen LogP contribution is -3.09. The Labute approximate surface area is 168 Å². The van der Waals surface area contributed by atoms with Gasteiger partial charge in [-0.25, -0.2) is 4.98 Å². The number of rotatable bonds is 5. The fraction of sp³-hybridized carbons (Fsp3) is 0.333. The largest absolute Gasteiger partial charge is 0.497 e. The SMILES string of the molecule is COc1ccc(OC)c([C@H]2CCC[NH+]2Cc2nc3cc(Cl)ccc3c(=O)[nH]2)c1. The minimum Gasteiger partial charge on any atom is -0.497 e. The van der Waals surface area contributed by atoms with Crippen LogP contribution < -0.4 is 19.9 Å². The van der Waals surface area contributed by atoms with Gasteiger partial charge >= 0.3 is 0 Å². The molecule has 1 unspecified atom stereocenters. The molecular formula is C21H23ClN3O3+. The molecule has 7 heteroatoms. The van der Waals surface area contributed by atoms with Gasteiger partial charge in [0.1, 0.15) is 24.1 Å². The number of aromatic amines is 1. The fourth-order valence-electron chi connectivity index (χ4n) is 4.07. The van der Waals surface area contributed by atoms with E-state index in [4.69, 9.17) is 21.1 Å². The monoisotopic (exact) mass is 400 g/mol. The zero-order chi connectivity index (χ0) is 19.7. The van der Waals surface area contributed by atoms with Gasteiger partial charge in [-0.3, -0.25) is 4.79 Å². The number of fused-ring (bicyclic) bond motifs is 1. The summed E-state index contributed by atoms with van der Waals surface area (Å²) in [4.78, 5) is 21.4. The summed E-state index contributed by atoms with van der Waals surface area (Å²) in [5.74, 6) is 2.34. The number of hydrogen-bond acceptors (Lipinski definition) is 4. The molecule has 1 aliphatic heterocycles. The second kappa shape index (κ2) is 7.81. The Kier molecular flexibility index (Phi) is 5.24. The summed E-state index contributed by atoms with van der Waals surface area (Å²) in [5.41, 5.74) is 1.62. The van der Waals surface area contributed by atoms with Crippen molar-refractivity contribution in [2.45, 2.75) is 25.4 Å². The quantitative estimate of drug-likeness (QED) is 0.690. The van der Waals surface area contributed by atoms with Gasteiger partial charge in [0, 0.05) is 17.9 Å². The molecule has 2 N–H and O–H groups in total. The number of aromatic nitrogens is 2. The number of quaternary nitrogens is 1. The first kappa shape index (κ1) is 18.8. The molecule has 0 spiro atoms. The number of benzene rings is 2. The van der Waals surface area contributed by atoms with Crippen molar-refractivity contribution in [2.75, 3.05) is 20.8 Å². The van der Waals surface area contributed by atoms with E-state index in [1.54, 1.807) is 32.4 Å². The highest BCUT2D eigenvalue weighted by atomic mass is 35.5. The Balaban J connectivity index is 1.67. The first-order valence-corrected chi connectivity index (χ1v) is 9.72. The maximum Gasteiger partial charge on any atom is 0.258 e. The Morgan fingerprint density at radius 2 is 2.07 bits per heavy atom. The van der Waals surface area contributed by atoms with Crippen LogP contribution >= 0.6 is 11.6 Å². The van der Waals surface area contributed by atoms with Crippen LogP contribution in [-0.2, 0) is 6.54 Å². The van der Waals surface area contributed by atoms with Crippen LogP contribution in [0.2, 0.25) is 5.02 Å². The Morgan fingerprint density at radius 3 is 2.86 bits per heavy atom. The molecule has 3 aromatic rings. The van der Waals surface area contributed by atoms with Gasteiger partial charge in [0.25, 0.3) is 5.56 Å². The van der Waals surface area contributed by atoms with Gasteiger partial charge in [-0.15, -0.1) is 0 Å². The number of halogens is 1. The lowest BCUT2D eigenvalue weighted by molar-refractivity contribution is -0.932. The number of methoxy groups -OCH3 is 2. The number of ether oxygens (including phenoxy) is 2. The summed E-state index contributed by atoms with van der Waals surface area (Å²) < 4.78 is 11.0. The van der Waals surface area contributed by atoms with Crippen LogP contribution in [0.15, 0.2) is 41.2 Å². The molecule has 2 aromatic carbocycles. The van der Waals surface area contributed by atoms with Crippen molar-refractivity contribution < 1.29 is 14.4 Å². The van der Waals surface area contributed by atoms with E-state index < -0.39 is 0 Å². The summed E-state index contributed by atoms with van der Waals surface area (Å²) in [5, 5.41) is 1.12. The fourth-order valence-corrected chi connectivity index (χ4v) is 4.24. The highest BCUT2D eigenvalue weighted by molar-refractivity contribution is 6.31. The van der Waals surface area contributed by atoms with E-state index >= 15 is 0 Å².